The molecule has 1 unspecified atom stereocenters. The molecule has 0 saturated carbocycles. The van der Waals surface area contributed by atoms with Crippen molar-refractivity contribution in [3.8, 4) is 0 Å². The second-order valence-electron chi connectivity index (χ2n) is 5.81. The first-order valence-corrected chi connectivity index (χ1v) is 9.41. The maximum absolute atomic E-state index is 12.1. The summed E-state index contributed by atoms with van der Waals surface area (Å²) in [5.41, 5.74) is 2.26. The van der Waals surface area contributed by atoms with Crippen LogP contribution in [-0.2, 0) is 9.84 Å². The maximum Gasteiger partial charge on any atom is 0.254 e. The van der Waals surface area contributed by atoms with Crippen LogP contribution in [0.2, 0.25) is 0 Å². The molecule has 2 heterocycles. The highest BCUT2D eigenvalue weighted by atomic mass is 32.2. The van der Waals surface area contributed by atoms with Crippen molar-refractivity contribution < 1.29 is 13.2 Å². The smallest absolute Gasteiger partial charge is 0.254 e. The van der Waals surface area contributed by atoms with Crippen molar-refractivity contribution in [3.05, 3.63) is 47.8 Å². The Morgan fingerprint density at radius 3 is 2.54 bits per heavy atom. The van der Waals surface area contributed by atoms with Crippen molar-refractivity contribution in [2.24, 2.45) is 0 Å². The van der Waals surface area contributed by atoms with Gasteiger partial charge in [-0.2, -0.15) is 0 Å². The van der Waals surface area contributed by atoms with Gasteiger partial charge in [0.15, 0.2) is 9.84 Å². The van der Waals surface area contributed by atoms with Gasteiger partial charge in [0, 0.05) is 24.1 Å². The summed E-state index contributed by atoms with van der Waals surface area (Å²) in [7, 11) is -3.02. The minimum atomic E-state index is -3.02. The quantitative estimate of drug-likeness (QED) is 0.869. The molecule has 1 aliphatic heterocycles. The van der Waals surface area contributed by atoms with Gasteiger partial charge in [-0.1, -0.05) is 18.2 Å². The number of carbonyl (C=O) groups is 1. The SMILES string of the molecule is Cc1ccccc1Nc1ncc(C(=O)NC2CCS(=O)(=O)C2)cn1. The van der Waals surface area contributed by atoms with Gasteiger partial charge in [0.05, 0.1) is 17.1 Å². The van der Waals surface area contributed by atoms with Crippen molar-refractivity contribution in [2.45, 2.75) is 19.4 Å². The number of aromatic nitrogens is 2. The van der Waals surface area contributed by atoms with E-state index in [9.17, 15) is 13.2 Å². The first kappa shape index (κ1) is 16.4. The zero-order valence-electron chi connectivity index (χ0n) is 13.2. The van der Waals surface area contributed by atoms with Crippen LogP contribution < -0.4 is 10.6 Å². The van der Waals surface area contributed by atoms with Gasteiger partial charge in [-0.05, 0) is 25.0 Å². The summed E-state index contributed by atoms with van der Waals surface area (Å²) in [5, 5.41) is 5.80. The average molecular weight is 346 g/mol. The zero-order valence-corrected chi connectivity index (χ0v) is 14.0. The maximum atomic E-state index is 12.1. The lowest BCUT2D eigenvalue weighted by Crippen LogP contribution is -2.35. The number of sulfone groups is 1. The second-order valence-corrected chi connectivity index (χ2v) is 8.04. The number of rotatable bonds is 4. The molecule has 3 rings (SSSR count). The van der Waals surface area contributed by atoms with E-state index in [0.717, 1.165) is 11.3 Å². The Kier molecular flexibility index (Phi) is 4.48. The van der Waals surface area contributed by atoms with E-state index in [-0.39, 0.29) is 23.5 Å². The van der Waals surface area contributed by atoms with Crippen molar-refractivity contribution in [2.75, 3.05) is 16.8 Å². The van der Waals surface area contributed by atoms with Gasteiger partial charge in [0.25, 0.3) is 5.91 Å². The summed E-state index contributed by atoms with van der Waals surface area (Å²) < 4.78 is 22.8. The molecule has 1 aromatic carbocycles. The van der Waals surface area contributed by atoms with E-state index in [1.54, 1.807) is 0 Å². The van der Waals surface area contributed by atoms with Crippen molar-refractivity contribution >= 4 is 27.4 Å². The first-order chi connectivity index (χ1) is 11.4. The molecule has 0 radical (unpaired) electrons. The van der Waals surface area contributed by atoms with E-state index in [4.69, 9.17) is 0 Å². The van der Waals surface area contributed by atoms with Gasteiger partial charge < -0.3 is 10.6 Å². The topological polar surface area (TPSA) is 101 Å². The standard InChI is InChI=1S/C16H18N4O3S/c1-11-4-2-3-5-14(11)20-16-17-8-12(9-18-16)15(21)19-13-6-7-24(22,23)10-13/h2-5,8-9,13H,6-7,10H2,1H3,(H,19,21)(H,17,18,20). The largest absolute Gasteiger partial charge is 0.348 e. The third kappa shape index (κ3) is 3.88. The molecule has 0 aliphatic carbocycles. The van der Waals surface area contributed by atoms with E-state index >= 15 is 0 Å². The van der Waals surface area contributed by atoms with Crippen molar-refractivity contribution in [1.29, 1.82) is 0 Å². The van der Waals surface area contributed by atoms with Gasteiger partial charge in [-0.15, -0.1) is 0 Å². The summed E-state index contributed by atoms with van der Waals surface area (Å²) >= 11 is 0. The molecule has 1 amide bonds. The monoisotopic (exact) mass is 346 g/mol. The van der Waals surface area contributed by atoms with E-state index in [1.165, 1.54) is 12.4 Å². The van der Waals surface area contributed by atoms with Crippen LogP contribution in [0.25, 0.3) is 0 Å². The fraction of sp³-hybridized carbons (Fsp3) is 0.312. The highest BCUT2D eigenvalue weighted by molar-refractivity contribution is 7.91. The van der Waals surface area contributed by atoms with Crippen LogP contribution in [0.1, 0.15) is 22.3 Å². The Morgan fingerprint density at radius 2 is 1.92 bits per heavy atom. The summed E-state index contributed by atoms with van der Waals surface area (Å²) in [6.45, 7) is 1.97. The van der Waals surface area contributed by atoms with E-state index in [2.05, 4.69) is 20.6 Å². The number of nitrogens with zero attached hydrogens (tertiary/aromatic N) is 2. The summed E-state index contributed by atoms with van der Waals surface area (Å²) in [5.74, 6) is 0.143. The molecule has 1 aliphatic rings. The fourth-order valence-electron chi connectivity index (χ4n) is 2.52. The van der Waals surface area contributed by atoms with Crippen LogP contribution in [0, 0.1) is 6.92 Å². The molecular formula is C16H18N4O3S. The minimum absolute atomic E-state index is 0.00742. The highest BCUT2D eigenvalue weighted by Gasteiger charge is 2.29. The van der Waals surface area contributed by atoms with Gasteiger partial charge >= 0.3 is 0 Å². The van der Waals surface area contributed by atoms with Crippen LogP contribution in [0.5, 0.6) is 0 Å². The summed E-state index contributed by atoms with van der Waals surface area (Å²) in [6.07, 6.45) is 3.29. The Morgan fingerprint density at radius 1 is 1.21 bits per heavy atom. The first-order valence-electron chi connectivity index (χ1n) is 7.59. The predicted molar refractivity (Wildman–Crippen MR) is 91.0 cm³/mol. The van der Waals surface area contributed by atoms with Gasteiger partial charge in [-0.25, -0.2) is 18.4 Å². The summed E-state index contributed by atoms with van der Waals surface area (Å²) in [4.78, 5) is 20.4. The van der Waals surface area contributed by atoms with Crippen LogP contribution >= 0.6 is 0 Å². The van der Waals surface area contributed by atoms with Gasteiger partial charge in [-0.3, -0.25) is 4.79 Å². The van der Waals surface area contributed by atoms with Crippen LogP contribution in [0.15, 0.2) is 36.7 Å². The molecule has 0 bridgehead atoms. The minimum Gasteiger partial charge on any atom is -0.348 e. The Hall–Kier alpha value is -2.48. The van der Waals surface area contributed by atoms with Crippen molar-refractivity contribution in [3.63, 3.8) is 0 Å². The molecule has 7 nitrogen and oxygen atoms in total. The molecular weight excluding hydrogens is 328 g/mol. The number of hydrogen-bond acceptors (Lipinski definition) is 6. The number of nitrogens with one attached hydrogen (secondary N) is 2. The second kappa shape index (κ2) is 6.56. The molecule has 1 saturated heterocycles. The van der Waals surface area contributed by atoms with E-state index < -0.39 is 9.84 Å². The molecule has 1 aromatic heterocycles. The van der Waals surface area contributed by atoms with E-state index in [1.807, 2.05) is 31.2 Å². The zero-order chi connectivity index (χ0) is 17.2. The fourth-order valence-corrected chi connectivity index (χ4v) is 4.19. The molecule has 8 heteroatoms. The normalized spacial score (nSPS) is 19.0. The van der Waals surface area contributed by atoms with Gasteiger partial charge in [0.1, 0.15) is 0 Å². The number of para-hydroxylation sites is 1. The molecule has 2 N–H and O–H groups in total. The lowest BCUT2D eigenvalue weighted by Gasteiger charge is -2.11. The van der Waals surface area contributed by atoms with Crippen LogP contribution in [0.4, 0.5) is 11.6 Å². The highest BCUT2D eigenvalue weighted by Crippen LogP contribution is 2.17. The van der Waals surface area contributed by atoms with E-state index in [0.29, 0.717) is 17.9 Å². The average Bonchev–Trinajstić information content (AvgIpc) is 2.89. The number of hydrogen-bond donors (Lipinski definition) is 2. The third-order valence-corrected chi connectivity index (χ3v) is 5.64. The number of benzene rings is 1. The van der Waals surface area contributed by atoms with Crippen LogP contribution in [0.3, 0.4) is 0 Å². The Bertz CT molecular complexity index is 850. The lowest BCUT2D eigenvalue weighted by molar-refractivity contribution is 0.0940. The molecule has 1 atom stereocenters. The number of amides is 1. The molecule has 126 valence electrons. The lowest BCUT2D eigenvalue weighted by atomic mass is 10.2. The predicted octanol–water partition coefficient (Wildman–Crippen LogP) is 1.45. The Labute approximate surface area is 140 Å². The van der Waals surface area contributed by atoms with Crippen molar-refractivity contribution in [1.82, 2.24) is 15.3 Å². The number of anilines is 2. The number of aryl methyl sites for hydroxylation is 1. The summed E-state index contributed by atoms with van der Waals surface area (Å²) in [6, 6.07) is 7.40. The van der Waals surface area contributed by atoms with Gasteiger partial charge in [0.2, 0.25) is 5.95 Å². The molecule has 1 fully saturated rings. The molecule has 2 aromatic rings. The molecule has 0 spiro atoms. The van der Waals surface area contributed by atoms with Crippen LogP contribution in [-0.4, -0.2) is 41.8 Å². The number of carbonyl (C=O) groups excluding carboxylic acids is 1. The Balaban J connectivity index is 1.64. The third-order valence-electron chi connectivity index (χ3n) is 3.87. The molecule has 24 heavy (non-hydrogen) atoms.